The Balaban J connectivity index is 1.98. The highest BCUT2D eigenvalue weighted by Gasteiger charge is 2.44. The number of esters is 2. The van der Waals surface area contributed by atoms with Crippen LogP contribution in [0.5, 0.6) is 5.75 Å². The first-order valence-corrected chi connectivity index (χ1v) is 9.49. The summed E-state index contributed by atoms with van der Waals surface area (Å²) in [5.74, 6) is -1.64. The predicted molar refractivity (Wildman–Crippen MR) is 102 cm³/mol. The zero-order valence-electron chi connectivity index (χ0n) is 14.8. The van der Waals surface area contributed by atoms with Gasteiger partial charge in [0.15, 0.2) is 5.92 Å². The van der Waals surface area contributed by atoms with Crippen LogP contribution in [0.3, 0.4) is 0 Å². The van der Waals surface area contributed by atoms with Crippen molar-refractivity contribution in [3.8, 4) is 5.75 Å². The molecule has 0 bridgehead atoms. The minimum atomic E-state index is -1.01. The minimum absolute atomic E-state index is 0.299. The maximum absolute atomic E-state index is 12.7. The number of carbonyl (C=O) groups excluding carboxylic acids is 2. The first-order chi connectivity index (χ1) is 12.5. The van der Waals surface area contributed by atoms with Gasteiger partial charge in [0, 0.05) is 16.0 Å². The van der Waals surface area contributed by atoms with E-state index >= 15 is 0 Å². The SMILES string of the molecule is CC(C)CCOC(=O)[C@@H]1C(=O)Oc2ccc(Br)cc2[C@@H]1c1ccccc1. The third kappa shape index (κ3) is 3.98. The molecular formula is C21H21BrO4. The molecule has 0 aromatic heterocycles. The highest BCUT2D eigenvalue weighted by atomic mass is 79.9. The average molecular weight is 417 g/mol. The van der Waals surface area contributed by atoms with E-state index in [4.69, 9.17) is 9.47 Å². The normalized spacial score (nSPS) is 19.0. The third-order valence-corrected chi connectivity index (χ3v) is 4.95. The van der Waals surface area contributed by atoms with Crippen molar-refractivity contribution in [2.75, 3.05) is 6.61 Å². The number of hydrogen-bond donors (Lipinski definition) is 0. The lowest BCUT2D eigenvalue weighted by Crippen LogP contribution is -2.39. The second-order valence-corrected chi connectivity index (χ2v) is 7.73. The largest absolute Gasteiger partial charge is 0.465 e. The molecule has 0 spiro atoms. The highest BCUT2D eigenvalue weighted by molar-refractivity contribution is 9.10. The lowest BCUT2D eigenvalue weighted by molar-refractivity contribution is -0.159. The minimum Gasteiger partial charge on any atom is -0.465 e. The van der Waals surface area contributed by atoms with E-state index < -0.39 is 23.8 Å². The van der Waals surface area contributed by atoms with E-state index in [1.807, 2.05) is 42.5 Å². The summed E-state index contributed by atoms with van der Waals surface area (Å²) in [7, 11) is 0. The van der Waals surface area contributed by atoms with Crippen molar-refractivity contribution in [1.29, 1.82) is 0 Å². The maximum Gasteiger partial charge on any atom is 0.326 e. The number of rotatable bonds is 5. The van der Waals surface area contributed by atoms with E-state index in [-0.39, 0.29) is 0 Å². The van der Waals surface area contributed by atoms with Gasteiger partial charge in [-0.05, 0) is 36.1 Å². The van der Waals surface area contributed by atoms with Crippen molar-refractivity contribution in [3.63, 3.8) is 0 Å². The van der Waals surface area contributed by atoms with Crippen LogP contribution in [-0.4, -0.2) is 18.5 Å². The molecule has 0 radical (unpaired) electrons. The Morgan fingerprint density at radius 2 is 1.92 bits per heavy atom. The second-order valence-electron chi connectivity index (χ2n) is 6.82. The van der Waals surface area contributed by atoms with Crippen molar-refractivity contribution in [1.82, 2.24) is 0 Å². The van der Waals surface area contributed by atoms with Crippen molar-refractivity contribution < 1.29 is 19.1 Å². The molecule has 0 N–H and O–H groups in total. The molecule has 1 heterocycles. The molecule has 0 amide bonds. The summed E-state index contributed by atoms with van der Waals surface area (Å²) < 4.78 is 11.7. The highest BCUT2D eigenvalue weighted by Crippen LogP contribution is 2.43. The van der Waals surface area contributed by atoms with Gasteiger partial charge in [0.1, 0.15) is 5.75 Å². The molecule has 2 aromatic carbocycles. The second kappa shape index (κ2) is 8.04. The van der Waals surface area contributed by atoms with Gasteiger partial charge in [0.25, 0.3) is 0 Å². The fraction of sp³-hybridized carbons (Fsp3) is 0.333. The molecule has 1 aliphatic rings. The summed E-state index contributed by atoms with van der Waals surface area (Å²) >= 11 is 3.46. The van der Waals surface area contributed by atoms with Gasteiger partial charge in [-0.25, -0.2) is 0 Å². The number of carbonyl (C=O) groups is 2. The topological polar surface area (TPSA) is 52.6 Å². The quantitative estimate of drug-likeness (QED) is 0.402. The van der Waals surface area contributed by atoms with E-state index in [0.717, 1.165) is 22.0 Å². The van der Waals surface area contributed by atoms with E-state index in [1.165, 1.54) is 0 Å². The first-order valence-electron chi connectivity index (χ1n) is 8.70. The molecule has 2 atom stereocenters. The Morgan fingerprint density at radius 1 is 1.19 bits per heavy atom. The molecule has 0 saturated carbocycles. The Bertz CT molecular complexity index is 801. The van der Waals surface area contributed by atoms with Gasteiger partial charge in [-0.3, -0.25) is 9.59 Å². The predicted octanol–water partition coefficient (Wildman–Crippen LogP) is 4.71. The van der Waals surface area contributed by atoms with Gasteiger partial charge < -0.3 is 9.47 Å². The molecule has 1 aliphatic heterocycles. The molecule has 2 aromatic rings. The van der Waals surface area contributed by atoms with E-state index in [2.05, 4.69) is 29.8 Å². The van der Waals surface area contributed by atoms with Gasteiger partial charge in [0.05, 0.1) is 6.61 Å². The van der Waals surface area contributed by atoms with Crippen LogP contribution in [0.4, 0.5) is 0 Å². The van der Waals surface area contributed by atoms with Crippen LogP contribution in [-0.2, 0) is 14.3 Å². The molecule has 4 nitrogen and oxygen atoms in total. The van der Waals surface area contributed by atoms with Gasteiger partial charge in [-0.2, -0.15) is 0 Å². The lowest BCUT2D eigenvalue weighted by atomic mass is 9.78. The Morgan fingerprint density at radius 3 is 2.62 bits per heavy atom. The van der Waals surface area contributed by atoms with Crippen LogP contribution < -0.4 is 4.74 Å². The number of benzene rings is 2. The fourth-order valence-electron chi connectivity index (χ4n) is 3.09. The monoisotopic (exact) mass is 416 g/mol. The van der Waals surface area contributed by atoms with Crippen LogP contribution in [0.15, 0.2) is 53.0 Å². The van der Waals surface area contributed by atoms with Gasteiger partial charge in [0.2, 0.25) is 0 Å². The molecule has 0 fully saturated rings. The number of hydrogen-bond acceptors (Lipinski definition) is 4. The summed E-state index contributed by atoms with van der Waals surface area (Å²) in [5, 5.41) is 0. The number of ether oxygens (including phenoxy) is 2. The molecule has 0 saturated heterocycles. The molecule has 0 unspecified atom stereocenters. The van der Waals surface area contributed by atoms with Crippen LogP contribution >= 0.6 is 15.9 Å². The average Bonchev–Trinajstić information content (AvgIpc) is 2.61. The van der Waals surface area contributed by atoms with Gasteiger partial charge in [-0.1, -0.05) is 60.1 Å². The van der Waals surface area contributed by atoms with Crippen molar-refractivity contribution in [2.24, 2.45) is 11.8 Å². The van der Waals surface area contributed by atoms with Crippen LogP contribution in [0.25, 0.3) is 0 Å². The maximum atomic E-state index is 12.7. The smallest absolute Gasteiger partial charge is 0.326 e. The standard InChI is InChI=1S/C21H21BrO4/c1-13(2)10-11-25-20(23)19-18(14-6-4-3-5-7-14)16-12-15(22)8-9-17(16)26-21(19)24/h3-9,12-13,18-19H,10-11H2,1-2H3/t18-,19+/m0/s1. The van der Waals surface area contributed by atoms with E-state index in [9.17, 15) is 9.59 Å². The van der Waals surface area contributed by atoms with Gasteiger partial charge in [-0.15, -0.1) is 0 Å². The summed E-state index contributed by atoms with van der Waals surface area (Å²) in [6, 6.07) is 15.0. The zero-order valence-corrected chi connectivity index (χ0v) is 16.4. The molecule has 26 heavy (non-hydrogen) atoms. The molecule has 5 heteroatoms. The van der Waals surface area contributed by atoms with Crippen molar-refractivity contribution in [2.45, 2.75) is 26.2 Å². The fourth-order valence-corrected chi connectivity index (χ4v) is 3.47. The van der Waals surface area contributed by atoms with Crippen LogP contribution in [0.1, 0.15) is 37.3 Å². The third-order valence-electron chi connectivity index (χ3n) is 4.46. The van der Waals surface area contributed by atoms with Gasteiger partial charge >= 0.3 is 11.9 Å². The first kappa shape index (κ1) is 18.6. The number of fused-ring (bicyclic) bond motifs is 1. The van der Waals surface area contributed by atoms with Crippen LogP contribution in [0.2, 0.25) is 0 Å². The zero-order chi connectivity index (χ0) is 18.7. The number of halogens is 1. The summed E-state index contributed by atoms with van der Waals surface area (Å²) in [5.41, 5.74) is 1.69. The van der Waals surface area contributed by atoms with E-state index in [1.54, 1.807) is 6.07 Å². The van der Waals surface area contributed by atoms with Crippen molar-refractivity contribution >= 4 is 27.9 Å². The Hall–Kier alpha value is -2.14. The molecule has 0 aliphatic carbocycles. The lowest BCUT2D eigenvalue weighted by Gasteiger charge is -2.31. The molecule has 136 valence electrons. The summed E-state index contributed by atoms with van der Waals surface area (Å²) in [4.78, 5) is 25.4. The van der Waals surface area contributed by atoms with E-state index in [0.29, 0.717) is 18.3 Å². The van der Waals surface area contributed by atoms with Crippen LogP contribution in [0, 0.1) is 11.8 Å². The Labute approximate surface area is 161 Å². The van der Waals surface area contributed by atoms with Crippen molar-refractivity contribution in [3.05, 3.63) is 64.1 Å². The molecular weight excluding hydrogens is 396 g/mol. The molecule has 3 rings (SSSR count). The summed E-state index contributed by atoms with van der Waals surface area (Å²) in [6.45, 7) is 4.42. The Kier molecular flexibility index (Phi) is 5.77. The summed E-state index contributed by atoms with van der Waals surface area (Å²) in [6.07, 6.45) is 0.756.